The molecule has 0 spiro atoms. The smallest absolute Gasteiger partial charge is 0.262 e. The number of nitrogens with zero attached hydrogens (tertiary/aromatic N) is 2. The fourth-order valence-corrected chi connectivity index (χ4v) is 2.54. The zero-order valence-corrected chi connectivity index (χ0v) is 15.1. The van der Waals surface area contributed by atoms with E-state index in [4.69, 9.17) is 9.47 Å². The third-order valence-electron chi connectivity index (χ3n) is 3.37. The van der Waals surface area contributed by atoms with Crippen molar-refractivity contribution in [1.29, 1.82) is 0 Å². The van der Waals surface area contributed by atoms with E-state index in [2.05, 4.69) is 26.3 Å². The second kappa shape index (κ2) is 7.85. The number of hydrogen-bond donors (Lipinski definition) is 1. The fraction of sp³-hybridized carbons (Fsp3) is 0.111. The van der Waals surface area contributed by atoms with Gasteiger partial charge in [0.05, 0.1) is 17.3 Å². The van der Waals surface area contributed by atoms with Gasteiger partial charge in [0.1, 0.15) is 5.75 Å². The number of amides is 1. The highest BCUT2D eigenvalue weighted by Crippen LogP contribution is 2.24. The highest BCUT2D eigenvalue weighted by atomic mass is 79.9. The molecule has 0 bridgehead atoms. The van der Waals surface area contributed by atoms with Crippen LogP contribution in [0.15, 0.2) is 65.3 Å². The first-order chi connectivity index (χ1) is 12.2. The summed E-state index contributed by atoms with van der Waals surface area (Å²) in [7, 11) is 1.59. The molecular formula is C18H16BrN3O3. The Kier molecular flexibility index (Phi) is 5.35. The maximum Gasteiger partial charge on any atom is 0.262 e. The number of aromatic nitrogens is 2. The van der Waals surface area contributed by atoms with Crippen LogP contribution < -0.4 is 14.8 Å². The van der Waals surface area contributed by atoms with E-state index >= 15 is 0 Å². The van der Waals surface area contributed by atoms with E-state index in [9.17, 15) is 4.79 Å². The van der Waals surface area contributed by atoms with Gasteiger partial charge in [-0.05, 0) is 52.3 Å². The summed E-state index contributed by atoms with van der Waals surface area (Å²) in [5.41, 5.74) is 1.57. The average molecular weight is 402 g/mol. The van der Waals surface area contributed by atoms with Gasteiger partial charge in [0.2, 0.25) is 5.88 Å². The van der Waals surface area contributed by atoms with E-state index in [0.717, 1.165) is 11.4 Å². The van der Waals surface area contributed by atoms with Crippen LogP contribution in [-0.4, -0.2) is 29.4 Å². The van der Waals surface area contributed by atoms with Crippen molar-refractivity contribution in [2.45, 2.75) is 0 Å². The number of carbonyl (C=O) groups excluding carboxylic acids is 1. The first-order valence-corrected chi connectivity index (χ1v) is 8.32. The Bertz CT molecular complexity index is 848. The lowest BCUT2D eigenvalue weighted by Crippen LogP contribution is -2.20. The summed E-state index contributed by atoms with van der Waals surface area (Å²) in [5.74, 6) is 0.810. The minimum Gasteiger partial charge on any atom is -0.497 e. The van der Waals surface area contributed by atoms with Crippen molar-refractivity contribution < 1.29 is 14.3 Å². The fourth-order valence-electron chi connectivity index (χ4n) is 2.15. The molecule has 0 saturated carbocycles. The molecule has 1 heterocycles. The molecule has 0 aliphatic carbocycles. The maximum absolute atomic E-state index is 12.0. The van der Waals surface area contributed by atoms with Crippen LogP contribution in [0, 0.1) is 0 Å². The number of para-hydroxylation sites is 1. The predicted octanol–water partition coefficient (Wildman–Crippen LogP) is 3.66. The number of hydrogen-bond acceptors (Lipinski definition) is 4. The van der Waals surface area contributed by atoms with Crippen molar-refractivity contribution in [2.24, 2.45) is 0 Å². The van der Waals surface area contributed by atoms with Crippen molar-refractivity contribution >= 4 is 27.5 Å². The largest absolute Gasteiger partial charge is 0.497 e. The van der Waals surface area contributed by atoms with E-state index in [1.165, 1.54) is 0 Å². The summed E-state index contributed by atoms with van der Waals surface area (Å²) in [4.78, 5) is 12.0. The Morgan fingerprint density at radius 2 is 1.88 bits per heavy atom. The summed E-state index contributed by atoms with van der Waals surface area (Å²) >= 11 is 3.39. The second-order valence-electron chi connectivity index (χ2n) is 5.13. The Morgan fingerprint density at radius 1 is 1.16 bits per heavy atom. The zero-order chi connectivity index (χ0) is 17.6. The number of anilines is 1. The molecule has 0 aliphatic heterocycles. The molecule has 2 aromatic carbocycles. The third-order valence-corrected chi connectivity index (χ3v) is 3.92. The van der Waals surface area contributed by atoms with Gasteiger partial charge in [0.25, 0.3) is 5.91 Å². The number of nitrogens with one attached hydrogen (secondary N) is 1. The van der Waals surface area contributed by atoms with Crippen LogP contribution >= 0.6 is 15.9 Å². The first-order valence-electron chi connectivity index (χ1n) is 7.53. The Labute approximate surface area is 153 Å². The summed E-state index contributed by atoms with van der Waals surface area (Å²) in [6, 6.07) is 16.7. The lowest BCUT2D eigenvalue weighted by Gasteiger charge is -2.07. The molecule has 0 saturated heterocycles. The lowest BCUT2D eigenvalue weighted by atomic mass is 10.3. The van der Waals surface area contributed by atoms with Gasteiger partial charge in [-0.25, -0.2) is 4.68 Å². The molecule has 0 aliphatic rings. The summed E-state index contributed by atoms with van der Waals surface area (Å²) < 4.78 is 12.9. The number of carbonyl (C=O) groups is 1. The van der Waals surface area contributed by atoms with Gasteiger partial charge in [-0.3, -0.25) is 4.79 Å². The normalized spacial score (nSPS) is 10.3. The van der Waals surface area contributed by atoms with Gasteiger partial charge < -0.3 is 14.8 Å². The first kappa shape index (κ1) is 17.0. The molecule has 1 amide bonds. The van der Waals surface area contributed by atoms with E-state index in [1.807, 2.05) is 30.3 Å². The number of benzene rings is 2. The monoisotopic (exact) mass is 401 g/mol. The number of halogens is 1. The minimum atomic E-state index is -0.272. The molecule has 1 N–H and O–H groups in total. The molecular weight excluding hydrogens is 386 g/mol. The van der Waals surface area contributed by atoms with Crippen LogP contribution in [0.25, 0.3) is 5.69 Å². The van der Waals surface area contributed by atoms with E-state index in [-0.39, 0.29) is 12.5 Å². The van der Waals surface area contributed by atoms with Crippen LogP contribution in [0.5, 0.6) is 11.6 Å². The second-order valence-corrected chi connectivity index (χ2v) is 5.98. The van der Waals surface area contributed by atoms with Crippen molar-refractivity contribution in [2.75, 3.05) is 19.0 Å². The van der Waals surface area contributed by atoms with Crippen LogP contribution in [0.4, 0.5) is 5.69 Å². The van der Waals surface area contributed by atoms with Gasteiger partial charge in [0.15, 0.2) is 6.61 Å². The molecule has 0 radical (unpaired) electrons. The summed E-state index contributed by atoms with van der Waals surface area (Å²) in [6.07, 6.45) is 1.78. The minimum absolute atomic E-state index is 0.142. The maximum atomic E-state index is 12.0. The number of methoxy groups -OCH3 is 1. The molecule has 0 atom stereocenters. The predicted molar refractivity (Wildman–Crippen MR) is 98.4 cm³/mol. The van der Waals surface area contributed by atoms with Gasteiger partial charge in [-0.15, -0.1) is 5.10 Å². The Hall–Kier alpha value is -2.80. The van der Waals surface area contributed by atoms with Gasteiger partial charge in [0, 0.05) is 11.9 Å². The summed E-state index contributed by atoms with van der Waals surface area (Å²) in [6.45, 7) is -0.142. The molecule has 128 valence electrons. The number of ether oxygens (including phenoxy) is 2. The Balaban J connectivity index is 1.59. The lowest BCUT2D eigenvalue weighted by molar-refractivity contribution is -0.118. The van der Waals surface area contributed by atoms with Crippen molar-refractivity contribution in [1.82, 2.24) is 9.78 Å². The molecule has 1 aromatic heterocycles. The number of rotatable bonds is 6. The van der Waals surface area contributed by atoms with Crippen LogP contribution in [0.1, 0.15) is 0 Å². The molecule has 3 aromatic rings. The van der Waals surface area contributed by atoms with E-state index < -0.39 is 0 Å². The van der Waals surface area contributed by atoms with Gasteiger partial charge >= 0.3 is 0 Å². The van der Waals surface area contributed by atoms with Crippen molar-refractivity contribution in [3.8, 4) is 17.3 Å². The van der Waals surface area contributed by atoms with Gasteiger partial charge in [-0.1, -0.05) is 18.2 Å². The molecule has 6 nitrogen and oxygen atoms in total. The highest BCUT2D eigenvalue weighted by Gasteiger charge is 2.11. The van der Waals surface area contributed by atoms with E-state index in [1.54, 1.807) is 42.3 Å². The highest BCUT2D eigenvalue weighted by molar-refractivity contribution is 9.10. The van der Waals surface area contributed by atoms with E-state index in [0.29, 0.717) is 16.0 Å². The topological polar surface area (TPSA) is 65.4 Å². The Morgan fingerprint density at radius 3 is 2.56 bits per heavy atom. The average Bonchev–Trinajstić information content (AvgIpc) is 3.02. The molecule has 0 fully saturated rings. The van der Waals surface area contributed by atoms with Crippen molar-refractivity contribution in [3.63, 3.8) is 0 Å². The third kappa shape index (κ3) is 4.39. The quantitative estimate of drug-likeness (QED) is 0.684. The molecule has 7 heteroatoms. The standard InChI is InChI=1S/C18H16BrN3O3/c1-24-15-9-7-13(8-10-15)20-17(23)12-25-18-16(19)11-22(21-18)14-5-3-2-4-6-14/h2-11H,12H2,1H3,(H,20,23). The van der Waals surface area contributed by atoms with Gasteiger partial charge in [-0.2, -0.15) is 0 Å². The van der Waals surface area contributed by atoms with Crippen molar-refractivity contribution in [3.05, 3.63) is 65.3 Å². The molecule has 25 heavy (non-hydrogen) atoms. The SMILES string of the molecule is COc1ccc(NC(=O)COc2nn(-c3ccccc3)cc2Br)cc1. The zero-order valence-electron chi connectivity index (χ0n) is 13.5. The molecule has 0 unspecified atom stereocenters. The van der Waals surface area contributed by atoms with Crippen LogP contribution in [0.3, 0.4) is 0 Å². The van der Waals surface area contributed by atoms with Crippen LogP contribution in [0.2, 0.25) is 0 Å². The van der Waals surface area contributed by atoms with Crippen LogP contribution in [-0.2, 0) is 4.79 Å². The molecule has 3 rings (SSSR count). The summed E-state index contributed by atoms with van der Waals surface area (Å²) in [5, 5.41) is 7.08.